The maximum Gasteiger partial charge on any atom is 0.277 e. The largest absolute Gasteiger partial charge is 0.411 e. The molecular formula is C18H13FN4O2S. The number of nitrogens with zero attached hydrogens (tertiary/aromatic N) is 2. The molecule has 3 N–H and O–H groups in total. The number of nitrogens with two attached hydrogens (primary N) is 1. The van der Waals surface area contributed by atoms with E-state index in [0.29, 0.717) is 11.5 Å². The Hall–Kier alpha value is -3.13. The lowest BCUT2D eigenvalue weighted by Gasteiger charge is -2.10. The van der Waals surface area contributed by atoms with Gasteiger partial charge in [-0.2, -0.15) is 0 Å². The van der Waals surface area contributed by atoms with Crippen LogP contribution in [-0.4, -0.2) is 21.1 Å². The Bertz CT molecular complexity index is 1070. The molecule has 2 heterocycles. The van der Waals surface area contributed by atoms with E-state index in [1.807, 2.05) is 24.3 Å². The van der Waals surface area contributed by atoms with Crippen LogP contribution in [0.2, 0.25) is 0 Å². The van der Waals surface area contributed by atoms with Gasteiger partial charge in [0, 0.05) is 17.1 Å². The number of aromatic amines is 1. The van der Waals surface area contributed by atoms with E-state index in [0.717, 1.165) is 28.2 Å². The fourth-order valence-corrected chi connectivity index (χ4v) is 3.47. The van der Waals surface area contributed by atoms with E-state index >= 15 is 0 Å². The van der Waals surface area contributed by atoms with Crippen molar-refractivity contribution >= 4 is 28.6 Å². The summed E-state index contributed by atoms with van der Waals surface area (Å²) in [5, 5.41) is 8.46. The van der Waals surface area contributed by atoms with Crippen molar-refractivity contribution in [1.29, 1.82) is 0 Å². The number of para-hydroxylation sites is 1. The molecule has 2 aromatic carbocycles. The molecule has 6 nitrogen and oxygen atoms in total. The monoisotopic (exact) mass is 368 g/mol. The second-order valence-electron chi connectivity index (χ2n) is 5.57. The standard InChI is InChI=1S/C18H13FN4O2S/c19-11-7-5-10(6-8-11)15(16(20)24)26-18-23-22-17(25-18)13-9-21-14-4-2-1-3-12(13)14/h1-9,15,21H,(H2,20,24)/t15-/m1/s1. The van der Waals surface area contributed by atoms with Gasteiger partial charge in [-0.3, -0.25) is 4.79 Å². The minimum Gasteiger partial charge on any atom is -0.411 e. The van der Waals surface area contributed by atoms with Crippen molar-refractivity contribution in [2.45, 2.75) is 10.5 Å². The third kappa shape index (κ3) is 3.06. The van der Waals surface area contributed by atoms with E-state index in [4.69, 9.17) is 10.2 Å². The number of carbonyl (C=O) groups excluding carboxylic acids is 1. The van der Waals surface area contributed by atoms with Crippen molar-refractivity contribution in [3.63, 3.8) is 0 Å². The van der Waals surface area contributed by atoms with Crippen LogP contribution in [0.5, 0.6) is 0 Å². The van der Waals surface area contributed by atoms with Crippen molar-refractivity contribution in [2.75, 3.05) is 0 Å². The average molecular weight is 368 g/mol. The highest BCUT2D eigenvalue weighted by atomic mass is 32.2. The number of hydrogen-bond acceptors (Lipinski definition) is 5. The molecule has 8 heteroatoms. The first-order valence-corrected chi connectivity index (χ1v) is 8.61. The lowest BCUT2D eigenvalue weighted by molar-refractivity contribution is -0.117. The Morgan fingerprint density at radius 1 is 1.15 bits per heavy atom. The van der Waals surface area contributed by atoms with Crippen molar-refractivity contribution < 1.29 is 13.6 Å². The number of H-pyrrole nitrogens is 1. The molecule has 130 valence electrons. The van der Waals surface area contributed by atoms with Crippen LogP contribution in [0.1, 0.15) is 10.8 Å². The number of rotatable bonds is 5. The van der Waals surface area contributed by atoms with E-state index in [-0.39, 0.29) is 11.0 Å². The maximum atomic E-state index is 13.1. The summed E-state index contributed by atoms with van der Waals surface area (Å²) in [4.78, 5) is 15.0. The van der Waals surface area contributed by atoms with Crippen molar-refractivity contribution in [3.8, 4) is 11.5 Å². The number of carbonyl (C=O) groups is 1. The topological polar surface area (TPSA) is 97.8 Å². The van der Waals surface area contributed by atoms with Gasteiger partial charge < -0.3 is 15.1 Å². The summed E-state index contributed by atoms with van der Waals surface area (Å²) in [6.07, 6.45) is 1.79. The van der Waals surface area contributed by atoms with Gasteiger partial charge in [-0.1, -0.05) is 30.3 Å². The van der Waals surface area contributed by atoms with Crippen molar-refractivity contribution in [2.24, 2.45) is 5.73 Å². The van der Waals surface area contributed by atoms with Gasteiger partial charge in [-0.15, -0.1) is 10.2 Å². The third-order valence-corrected chi connectivity index (χ3v) is 4.98. The third-order valence-electron chi connectivity index (χ3n) is 3.88. The quantitative estimate of drug-likeness (QED) is 0.524. The number of amides is 1. The Labute approximate surface area is 151 Å². The highest BCUT2D eigenvalue weighted by molar-refractivity contribution is 8.00. The van der Waals surface area contributed by atoms with Gasteiger partial charge in [-0.25, -0.2) is 4.39 Å². The second kappa shape index (κ2) is 6.64. The van der Waals surface area contributed by atoms with Gasteiger partial charge in [-0.05, 0) is 35.5 Å². The molecule has 1 atom stereocenters. The Kier molecular flexibility index (Phi) is 4.18. The average Bonchev–Trinajstić information content (AvgIpc) is 3.27. The predicted octanol–water partition coefficient (Wildman–Crippen LogP) is 3.68. The summed E-state index contributed by atoms with van der Waals surface area (Å²) >= 11 is 1.03. The van der Waals surface area contributed by atoms with Gasteiger partial charge >= 0.3 is 0 Å². The lowest BCUT2D eigenvalue weighted by atomic mass is 10.1. The second-order valence-corrected chi connectivity index (χ2v) is 6.63. The number of nitrogens with one attached hydrogen (secondary N) is 1. The van der Waals surface area contributed by atoms with E-state index in [1.54, 1.807) is 6.20 Å². The van der Waals surface area contributed by atoms with Crippen LogP contribution >= 0.6 is 11.8 Å². The van der Waals surface area contributed by atoms with Crippen LogP contribution in [0.3, 0.4) is 0 Å². The van der Waals surface area contributed by atoms with Crippen LogP contribution in [-0.2, 0) is 4.79 Å². The molecule has 0 spiro atoms. The van der Waals surface area contributed by atoms with Crippen LogP contribution in [0, 0.1) is 5.82 Å². The molecule has 0 bridgehead atoms. The summed E-state index contributed by atoms with van der Waals surface area (Å²) in [5.41, 5.74) is 7.78. The summed E-state index contributed by atoms with van der Waals surface area (Å²) in [6, 6.07) is 13.3. The molecule has 2 aromatic heterocycles. The molecule has 0 fully saturated rings. The number of halogens is 1. The molecule has 0 saturated heterocycles. The zero-order valence-corrected chi connectivity index (χ0v) is 14.2. The minimum absolute atomic E-state index is 0.207. The highest BCUT2D eigenvalue weighted by Crippen LogP contribution is 2.36. The van der Waals surface area contributed by atoms with E-state index in [9.17, 15) is 9.18 Å². The van der Waals surface area contributed by atoms with Crippen LogP contribution < -0.4 is 5.73 Å². The maximum absolute atomic E-state index is 13.1. The molecular weight excluding hydrogens is 355 g/mol. The zero-order valence-electron chi connectivity index (χ0n) is 13.3. The Balaban J connectivity index is 1.63. The molecule has 1 amide bonds. The first-order chi connectivity index (χ1) is 12.6. The minimum atomic E-state index is -0.758. The summed E-state index contributed by atoms with van der Waals surface area (Å²) < 4.78 is 18.8. The summed E-state index contributed by atoms with van der Waals surface area (Å²) in [7, 11) is 0. The van der Waals surface area contributed by atoms with Gasteiger partial charge in [0.25, 0.3) is 11.1 Å². The van der Waals surface area contributed by atoms with Gasteiger partial charge in [0.2, 0.25) is 5.91 Å². The highest BCUT2D eigenvalue weighted by Gasteiger charge is 2.23. The zero-order chi connectivity index (χ0) is 18.1. The molecule has 4 aromatic rings. The van der Waals surface area contributed by atoms with Crippen LogP contribution in [0.4, 0.5) is 4.39 Å². The normalized spacial score (nSPS) is 12.3. The van der Waals surface area contributed by atoms with Gasteiger partial charge in [0.05, 0.1) is 5.56 Å². The molecule has 4 rings (SSSR count). The predicted molar refractivity (Wildman–Crippen MR) is 95.8 cm³/mol. The molecule has 0 aliphatic heterocycles. The number of aromatic nitrogens is 3. The fraction of sp³-hybridized carbons (Fsp3) is 0.0556. The number of hydrogen-bond donors (Lipinski definition) is 2. The number of primary amides is 1. The van der Waals surface area contributed by atoms with E-state index in [2.05, 4.69) is 15.2 Å². The van der Waals surface area contributed by atoms with Crippen LogP contribution in [0.15, 0.2) is 64.4 Å². The number of thioether (sulfide) groups is 1. The first-order valence-electron chi connectivity index (χ1n) is 7.73. The Morgan fingerprint density at radius 3 is 2.69 bits per heavy atom. The van der Waals surface area contributed by atoms with E-state index < -0.39 is 11.2 Å². The number of fused-ring (bicyclic) bond motifs is 1. The molecule has 0 saturated carbocycles. The van der Waals surface area contributed by atoms with E-state index in [1.165, 1.54) is 24.3 Å². The first kappa shape index (κ1) is 16.3. The molecule has 0 unspecified atom stereocenters. The fourth-order valence-electron chi connectivity index (χ4n) is 2.64. The van der Waals surface area contributed by atoms with Crippen LogP contribution in [0.25, 0.3) is 22.4 Å². The van der Waals surface area contributed by atoms with Crippen molar-refractivity contribution in [3.05, 3.63) is 66.1 Å². The Morgan fingerprint density at radius 2 is 1.92 bits per heavy atom. The van der Waals surface area contributed by atoms with Gasteiger partial charge in [0.15, 0.2) is 0 Å². The molecule has 0 aliphatic rings. The molecule has 26 heavy (non-hydrogen) atoms. The lowest BCUT2D eigenvalue weighted by Crippen LogP contribution is -2.18. The summed E-state index contributed by atoms with van der Waals surface area (Å²) in [6.45, 7) is 0. The molecule has 0 aliphatic carbocycles. The van der Waals surface area contributed by atoms with Gasteiger partial charge in [0.1, 0.15) is 11.1 Å². The number of benzene rings is 2. The smallest absolute Gasteiger partial charge is 0.277 e. The molecule has 0 radical (unpaired) electrons. The summed E-state index contributed by atoms with van der Waals surface area (Å²) in [5.74, 6) is -0.623. The SMILES string of the molecule is NC(=O)[C@H](Sc1nnc(-c2c[nH]c3ccccc23)o1)c1ccc(F)cc1. The van der Waals surface area contributed by atoms with Crippen molar-refractivity contribution in [1.82, 2.24) is 15.2 Å².